The molecule has 0 aliphatic carbocycles. The lowest BCUT2D eigenvalue weighted by Crippen LogP contribution is -1.86. The lowest BCUT2D eigenvalue weighted by Gasteiger charge is -2.04. The van der Waals surface area contributed by atoms with Gasteiger partial charge in [-0.25, -0.2) is 0 Å². The highest BCUT2D eigenvalue weighted by molar-refractivity contribution is 6.34. The Morgan fingerprint density at radius 3 is 2.79 bits per heavy atom. The monoisotopic (exact) mass is 204 g/mol. The molecule has 70 valence electrons. The van der Waals surface area contributed by atoms with Crippen LogP contribution >= 0.6 is 11.6 Å². The SMILES string of the molecule is Cc1cccc(-c2cnccn2)c1Cl. The Kier molecular flexibility index (Phi) is 2.46. The molecule has 1 aromatic heterocycles. The van der Waals surface area contributed by atoms with Crippen molar-refractivity contribution in [2.24, 2.45) is 0 Å². The summed E-state index contributed by atoms with van der Waals surface area (Å²) < 4.78 is 0. The van der Waals surface area contributed by atoms with Gasteiger partial charge < -0.3 is 0 Å². The Balaban J connectivity index is 2.58. The maximum Gasteiger partial charge on any atom is 0.0900 e. The summed E-state index contributed by atoms with van der Waals surface area (Å²) >= 11 is 6.16. The predicted octanol–water partition coefficient (Wildman–Crippen LogP) is 3.11. The number of nitrogens with zero attached hydrogens (tertiary/aromatic N) is 2. The number of rotatable bonds is 1. The zero-order valence-corrected chi connectivity index (χ0v) is 8.49. The van der Waals surface area contributed by atoms with Crippen molar-refractivity contribution in [3.05, 3.63) is 47.4 Å². The number of benzene rings is 1. The second-order valence-electron chi connectivity index (χ2n) is 3.03. The van der Waals surface area contributed by atoms with Gasteiger partial charge in [-0.3, -0.25) is 9.97 Å². The Morgan fingerprint density at radius 2 is 2.07 bits per heavy atom. The van der Waals surface area contributed by atoms with Gasteiger partial charge in [-0.05, 0) is 12.5 Å². The average Bonchev–Trinajstić information content (AvgIpc) is 2.23. The van der Waals surface area contributed by atoms with Crippen LogP contribution in [0, 0.1) is 6.92 Å². The number of aryl methyl sites for hydroxylation is 1. The summed E-state index contributed by atoms with van der Waals surface area (Å²) in [4.78, 5) is 8.21. The molecule has 0 radical (unpaired) electrons. The molecule has 0 unspecified atom stereocenters. The van der Waals surface area contributed by atoms with E-state index in [1.807, 2.05) is 25.1 Å². The molecule has 2 nitrogen and oxygen atoms in total. The van der Waals surface area contributed by atoms with E-state index in [9.17, 15) is 0 Å². The summed E-state index contributed by atoms with van der Waals surface area (Å²) in [6.07, 6.45) is 5.02. The smallest absolute Gasteiger partial charge is 0.0900 e. The molecule has 0 aliphatic heterocycles. The highest BCUT2D eigenvalue weighted by Gasteiger charge is 2.05. The molecule has 0 N–H and O–H groups in total. The van der Waals surface area contributed by atoms with Gasteiger partial charge in [0.25, 0.3) is 0 Å². The van der Waals surface area contributed by atoms with Crippen LogP contribution in [0.25, 0.3) is 11.3 Å². The van der Waals surface area contributed by atoms with Crippen LogP contribution in [0.3, 0.4) is 0 Å². The van der Waals surface area contributed by atoms with Gasteiger partial charge in [-0.1, -0.05) is 29.8 Å². The standard InChI is InChI=1S/C11H9ClN2/c1-8-3-2-4-9(11(8)12)10-7-13-5-6-14-10/h2-7H,1H3. The number of aromatic nitrogens is 2. The van der Waals surface area contributed by atoms with E-state index < -0.39 is 0 Å². The Morgan fingerprint density at radius 1 is 1.21 bits per heavy atom. The van der Waals surface area contributed by atoms with E-state index in [1.165, 1.54) is 0 Å². The summed E-state index contributed by atoms with van der Waals surface area (Å²) in [6, 6.07) is 5.88. The first-order valence-electron chi connectivity index (χ1n) is 4.30. The molecule has 0 aliphatic rings. The molecule has 3 heteroatoms. The third kappa shape index (κ3) is 1.61. The molecule has 0 amide bonds. The number of hydrogen-bond acceptors (Lipinski definition) is 2. The van der Waals surface area contributed by atoms with E-state index in [4.69, 9.17) is 11.6 Å². The molecule has 2 aromatic rings. The normalized spacial score (nSPS) is 10.1. The number of halogens is 1. The Labute approximate surface area is 87.6 Å². The maximum absolute atomic E-state index is 6.16. The van der Waals surface area contributed by atoms with Crippen LogP contribution in [0.5, 0.6) is 0 Å². The minimum Gasteiger partial charge on any atom is -0.261 e. The fourth-order valence-corrected chi connectivity index (χ4v) is 1.51. The van der Waals surface area contributed by atoms with Crippen molar-refractivity contribution in [1.82, 2.24) is 9.97 Å². The summed E-state index contributed by atoms with van der Waals surface area (Å²) in [6.45, 7) is 1.97. The highest BCUT2D eigenvalue weighted by atomic mass is 35.5. The molecule has 1 aromatic carbocycles. The second-order valence-corrected chi connectivity index (χ2v) is 3.41. The van der Waals surface area contributed by atoms with Crippen LogP contribution in [-0.2, 0) is 0 Å². The van der Waals surface area contributed by atoms with E-state index in [-0.39, 0.29) is 0 Å². The summed E-state index contributed by atoms with van der Waals surface area (Å²) in [7, 11) is 0. The second kappa shape index (κ2) is 3.76. The van der Waals surface area contributed by atoms with Gasteiger partial charge in [-0.2, -0.15) is 0 Å². The Bertz CT molecular complexity index is 440. The van der Waals surface area contributed by atoms with Gasteiger partial charge in [-0.15, -0.1) is 0 Å². The van der Waals surface area contributed by atoms with E-state index >= 15 is 0 Å². The van der Waals surface area contributed by atoms with Crippen molar-refractivity contribution in [3.8, 4) is 11.3 Å². The van der Waals surface area contributed by atoms with Crippen molar-refractivity contribution >= 4 is 11.6 Å². The van der Waals surface area contributed by atoms with Crippen LogP contribution in [0.4, 0.5) is 0 Å². The molecule has 0 saturated heterocycles. The molecule has 0 fully saturated rings. The lowest BCUT2D eigenvalue weighted by molar-refractivity contribution is 1.20. The van der Waals surface area contributed by atoms with Crippen LogP contribution in [0.2, 0.25) is 5.02 Å². The fraction of sp³-hybridized carbons (Fsp3) is 0.0909. The third-order valence-electron chi connectivity index (χ3n) is 2.03. The van der Waals surface area contributed by atoms with Gasteiger partial charge in [0.15, 0.2) is 0 Å². The molecular weight excluding hydrogens is 196 g/mol. The van der Waals surface area contributed by atoms with Gasteiger partial charge in [0.2, 0.25) is 0 Å². The molecule has 0 spiro atoms. The minimum absolute atomic E-state index is 0.744. The molecule has 0 bridgehead atoms. The maximum atomic E-state index is 6.16. The van der Waals surface area contributed by atoms with Gasteiger partial charge in [0.1, 0.15) is 0 Å². The van der Waals surface area contributed by atoms with Gasteiger partial charge in [0, 0.05) is 18.0 Å². The highest BCUT2D eigenvalue weighted by Crippen LogP contribution is 2.28. The zero-order chi connectivity index (χ0) is 9.97. The largest absolute Gasteiger partial charge is 0.261 e. The third-order valence-corrected chi connectivity index (χ3v) is 2.53. The van der Waals surface area contributed by atoms with Gasteiger partial charge >= 0.3 is 0 Å². The van der Waals surface area contributed by atoms with Crippen LogP contribution in [-0.4, -0.2) is 9.97 Å². The van der Waals surface area contributed by atoms with E-state index in [2.05, 4.69) is 9.97 Å². The van der Waals surface area contributed by atoms with E-state index in [0.29, 0.717) is 0 Å². The van der Waals surface area contributed by atoms with Crippen molar-refractivity contribution in [2.45, 2.75) is 6.92 Å². The van der Waals surface area contributed by atoms with Crippen molar-refractivity contribution < 1.29 is 0 Å². The lowest BCUT2D eigenvalue weighted by atomic mass is 10.1. The molecule has 2 rings (SSSR count). The zero-order valence-electron chi connectivity index (χ0n) is 7.74. The quantitative estimate of drug-likeness (QED) is 0.714. The van der Waals surface area contributed by atoms with Crippen molar-refractivity contribution in [2.75, 3.05) is 0 Å². The first-order valence-corrected chi connectivity index (χ1v) is 4.68. The summed E-state index contributed by atoms with van der Waals surface area (Å²) in [5, 5.41) is 0.744. The predicted molar refractivity (Wildman–Crippen MR) is 57.2 cm³/mol. The Hall–Kier alpha value is -1.41. The molecular formula is C11H9ClN2. The summed E-state index contributed by atoms with van der Waals surface area (Å²) in [5.74, 6) is 0. The number of hydrogen-bond donors (Lipinski definition) is 0. The van der Waals surface area contributed by atoms with E-state index in [1.54, 1.807) is 18.6 Å². The molecule has 0 saturated carbocycles. The van der Waals surface area contributed by atoms with E-state index in [0.717, 1.165) is 21.8 Å². The van der Waals surface area contributed by atoms with Crippen molar-refractivity contribution in [3.63, 3.8) is 0 Å². The fourth-order valence-electron chi connectivity index (χ4n) is 1.28. The minimum atomic E-state index is 0.744. The summed E-state index contributed by atoms with van der Waals surface area (Å²) in [5.41, 5.74) is 2.79. The molecule has 0 atom stereocenters. The van der Waals surface area contributed by atoms with Gasteiger partial charge in [0.05, 0.1) is 16.9 Å². The average molecular weight is 205 g/mol. The first-order chi connectivity index (χ1) is 6.79. The van der Waals surface area contributed by atoms with Crippen LogP contribution < -0.4 is 0 Å². The van der Waals surface area contributed by atoms with Crippen molar-refractivity contribution in [1.29, 1.82) is 0 Å². The van der Waals surface area contributed by atoms with Crippen LogP contribution in [0.15, 0.2) is 36.8 Å². The van der Waals surface area contributed by atoms with Crippen LogP contribution in [0.1, 0.15) is 5.56 Å². The first kappa shape index (κ1) is 9.16. The topological polar surface area (TPSA) is 25.8 Å². The molecule has 1 heterocycles. The molecule has 14 heavy (non-hydrogen) atoms.